The van der Waals surface area contributed by atoms with E-state index < -0.39 is 0 Å². The van der Waals surface area contributed by atoms with Gasteiger partial charge in [0.05, 0.1) is 0 Å². The van der Waals surface area contributed by atoms with Gasteiger partial charge in [-0.25, -0.2) is 0 Å². The largest absolute Gasteiger partial charge is 0.353 e. The quantitative estimate of drug-likeness (QED) is 0.552. The van der Waals surface area contributed by atoms with Gasteiger partial charge in [0.1, 0.15) is 0 Å². The molecule has 0 saturated carbocycles. The highest BCUT2D eigenvalue weighted by atomic mass is 79.9. The van der Waals surface area contributed by atoms with Gasteiger partial charge in [-0.1, -0.05) is 60.7 Å². The van der Waals surface area contributed by atoms with Gasteiger partial charge in [0.2, 0.25) is 5.91 Å². The number of halogens is 1. The number of unbranched alkanes of at least 4 members (excludes halogenated alkanes) is 4. The summed E-state index contributed by atoms with van der Waals surface area (Å²) >= 11 is 3.38. The van der Waals surface area contributed by atoms with Crippen LogP contribution >= 0.6 is 15.9 Å². The third-order valence-corrected chi connectivity index (χ3v) is 3.41. The Kier molecular flexibility index (Phi) is 8.23. The van der Waals surface area contributed by atoms with Crippen molar-refractivity contribution in [2.75, 3.05) is 6.54 Å². The summed E-state index contributed by atoms with van der Waals surface area (Å²) in [5, 5.41) is 2.91. The fourth-order valence-corrected chi connectivity index (χ4v) is 2.01. The molecule has 0 fully saturated rings. The van der Waals surface area contributed by atoms with Crippen LogP contribution < -0.4 is 5.32 Å². The zero-order valence-corrected chi connectivity index (χ0v) is 13.1. The number of amides is 1. The lowest BCUT2D eigenvalue weighted by molar-refractivity contribution is -0.116. The van der Waals surface area contributed by atoms with Crippen LogP contribution in [0.25, 0.3) is 6.08 Å². The number of rotatable bonds is 8. The van der Waals surface area contributed by atoms with Gasteiger partial charge < -0.3 is 5.32 Å². The van der Waals surface area contributed by atoms with Gasteiger partial charge in [-0.3, -0.25) is 4.79 Å². The van der Waals surface area contributed by atoms with E-state index in [1.165, 1.54) is 25.7 Å². The van der Waals surface area contributed by atoms with E-state index in [-0.39, 0.29) is 5.91 Å². The first-order chi connectivity index (χ1) is 9.22. The van der Waals surface area contributed by atoms with E-state index in [0.29, 0.717) is 0 Å². The zero-order valence-electron chi connectivity index (χ0n) is 11.5. The summed E-state index contributed by atoms with van der Waals surface area (Å²) < 4.78 is 1.04. The molecule has 0 spiro atoms. The first kappa shape index (κ1) is 16.0. The average molecular weight is 324 g/mol. The standard InChI is InChI=1S/C16H22BrNO/c1-2-3-4-5-6-13-18-16(19)12-9-14-7-10-15(17)11-8-14/h7-12H,2-6,13H2,1H3,(H,18,19)/b12-9+. The van der Waals surface area contributed by atoms with E-state index in [1.807, 2.05) is 30.3 Å². The first-order valence-electron chi connectivity index (χ1n) is 6.94. The number of carbonyl (C=O) groups excluding carboxylic acids is 1. The minimum absolute atomic E-state index is 0.0154. The van der Waals surface area contributed by atoms with Crippen LogP contribution in [0.5, 0.6) is 0 Å². The van der Waals surface area contributed by atoms with Crippen molar-refractivity contribution >= 4 is 27.9 Å². The van der Waals surface area contributed by atoms with Gasteiger partial charge >= 0.3 is 0 Å². The van der Waals surface area contributed by atoms with E-state index in [2.05, 4.69) is 28.2 Å². The van der Waals surface area contributed by atoms with Gasteiger partial charge in [0.25, 0.3) is 0 Å². The van der Waals surface area contributed by atoms with Crippen molar-refractivity contribution in [3.63, 3.8) is 0 Å². The molecule has 3 heteroatoms. The van der Waals surface area contributed by atoms with E-state index in [9.17, 15) is 4.79 Å². The SMILES string of the molecule is CCCCCCCNC(=O)/C=C/c1ccc(Br)cc1. The molecular formula is C16H22BrNO. The molecule has 0 aliphatic rings. The molecule has 2 nitrogen and oxygen atoms in total. The Balaban J connectivity index is 2.18. The predicted octanol–water partition coefficient (Wildman–Crippen LogP) is 4.55. The van der Waals surface area contributed by atoms with Crippen LogP contribution in [0.4, 0.5) is 0 Å². The van der Waals surface area contributed by atoms with Crippen LogP contribution in [0.1, 0.15) is 44.6 Å². The van der Waals surface area contributed by atoms with Crippen LogP contribution in [0.15, 0.2) is 34.8 Å². The number of hydrogen-bond acceptors (Lipinski definition) is 1. The lowest BCUT2D eigenvalue weighted by Crippen LogP contribution is -2.21. The first-order valence-corrected chi connectivity index (χ1v) is 7.73. The van der Waals surface area contributed by atoms with Gasteiger partial charge in [0, 0.05) is 17.1 Å². The van der Waals surface area contributed by atoms with E-state index in [1.54, 1.807) is 6.08 Å². The highest BCUT2D eigenvalue weighted by Gasteiger charge is 1.95. The molecular weight excluding hydrogens is 302 g/mol. The topological polar surface area (TPSA) is 29.1 Å². The van der Waals surface area contributed by atoms with Crippen molar-refractivity contribution in [1.29, 1.82) is 0 Å². The Morgan fingerprint density at radius 1 is 1.16 bits per heavy atom. The van der Waals surface area contributed by atoms with Crippen LogP contribution in [0.3, 0.4) is 0 Å². The third-order valence-electron chi connectivity index (χ3n) is 2.88. The molecule has 19 heavy (non-hydrogen) atoms. The van der Waals surface area contributed by atoms with Gasteiger partial charge in [0.15, 0.2) is 0 Å². The molecule has 104 valence electrons. The van der Waals surface area contributed by atoms with Crippen molar-refractivity contribution in [1.82, 2.24) is 5.32 Å². The average Bonchev–Trinajstić information content (AvgIpc) is 2.42. The highest BCUT2D eigenvalue weighted by molar-refractivity contribution is 9.10. The van der Waals surface area contributed by atoms with Gasteiger partial charge in [-0.15, -0.1) is 0 Å². The Morgan fingerprint density at radius 3 is 2.53 bits per heavy atom. The fraction of sp³-hybridized carbons (Fsp3) is 0.438. The smallest absolute Gasteiger partial charge is 0.243 e. The van der Waals surface area contributed by atoms with E-state index in [0.717, 1.165) is 23.0 Å². The summed E-state index contributed by atoms with van der Waals surface area (Å²) in [6, 6.07) is 7.87. The zero-order chi connectivity index (χ0) is 13.9. The Morgan fingerprint density at radius 2 is 1.84 bits per heavy atom. The second-order valence-corrected chi connectivity index (χ2v) is 5.51. The molecule has 1 aromatic rings. The number of nitrogens with one attached hydrogen (secondary N) is 1. The molecule has 0 radical (unpaired) electrons. The van der Waals surface area contributed by atoms with Crippen LogP contribution in [-0.2, 0) is 4.79 Å². The van der Waals surface area contributed by atoms with Crippen molar-refractivity contribution in [2.45, 2.75) is 39.0 Å². The molecule has 0 aliphatic heterocycles. The van der Waals surface area contributed by atoms with Crippen LogP contribution in [0, 0.1) is 0 Å². The van der Waals surface area contributed by atoms with E-state index in [4.69, 9.17) is 0 Å². The maximum Gasteiger partial charge on any atom is 0.243 e. The summed E-state index contributed by atoms with van der Waals surface area (Å²) in [6.07, 6.45) is 9.50. The third kappa shape index (κ3) is 7.83. The maximum atomic E-state index is 11.6. The molecule has 1 rings (SSSR count). The van der Waals surface area contributed by atoms with Gasteiger partial charge in [-0.05, 0) is 30.2 Å². The summed E-state index contributed by atoms with van der Waals surface area (Å²) in [7, 11) is 0. The Labute approximate surface area is 124 Å². The van der Waals surface area contributed by atoms with Crippen LogP contribution in [0.2, 0.25) is 0 Å². The molecule has 0 atom stereocenters. The van der Waals surface area contributed by atoms with Crippen molar-refractivity contribution < 1.29 is 4.79 Å². The summed E-state index contributed by atoms with van der Waals surface area (Å²) in [5.41, 5.74) is 1.03. The monoisotopic (exact) mass is 323 g/mol. The minimum Gasteiger partial charge on any atom is -0.353 e. The molecule has 0 heterocycles. The molecule has 0 saturated heterocycles. The second-order valence-electron chi connectivity index (χ2n) is 4.59. The Hall–Kier alpha value is -1.09. The number of hydrogen-bond donors (Lipinski definition) is 1. The molecule has 0 bridgehead atoms. The predicted molar refractivity (Wildman–Crippen MR) is 84.9 cm³/mol. The lowest BCUT2D eigenvalue weighted by Gasteiger charge is -2.02. The summed E-state index contributed by atoms with van der Waals surface area (Å²) in [4.78, 5) is 11.6. The maximum absolute atomic E-state index is 11.6. The van der Waals surface area contributed by atoms with E-state index >= 15 is 0 Å². The Bertz CT molecular complexity index is 398. The molecule has 0 unspecified atom stereocenters. The summed E-state index contributed by atoms with van der Waals surface area (Å²) in [6.45, 7) is 2.97. The van der Waals surface area contributed by atoms with Crippen molar-refractivity contribution in [3.05, 3.63) is 40.4 Å². The van der Waals surface area contributed by atoms with Gasteiger partial charge in [-0.2, -0.15) is 0 Å². The molecule has 1 N–H and O–H groups in total. The van der Waals surface area contributed by atoms with Crippen molar-refractivity contribution in [2.24, 2.45) is 0 Å². The summed E-state index contributed by atoms with van der Waals surface area (Å²) in [5.74, 6) is -0.0154. The number of carbonyl (C=O) groups is 1. The number of benzene rings is 1. The normalized spacial score (nSPS) is 10.8. The molecule has 1 aromatic carbocycles. The lowest BCUT2D eigenvalue weighted by atomic mass is 10.1. The fourth-order valence-electron chi connectivity index (χ4n) is 1.74. The molecule has 1 amide bonds. The molecule has 0 aromatic heterocycles. The van der Waals surface area contributed by atoms with Crippen molar-refractivity contribution in [3.8, 4) is 0 Å². The minimum atomic E-state index is -0.0154. The van der Waals surface area contributed by atoms with Crippen LogP contribution in [-0.4, -0.2) is 12.5 Å². The highest BCUT2D eigenvalue weighted by Crippen LogP contribution is 2.11. The second kappa shape index (κ2) is 9.79. The molecule has 0 aliphatic carbocycles.